The van der Waals surface area contributed by atoms with E-state index in [0.29, 0.717) is 6.04 Å². The highest BCUT2D eigenvalue weighted by Crippen LogP contribution is 2.35. The predicted molar refractivity (Wildman–Crippen MR) is 73.1 cm³/mol. The van der Waals surface area contributed by atoms with Gasteiger partial charge in [0.05, 0.1) is 5.54 Å². The highest BCUT2D eigenvalue weighted by atomic mass is 15.3. The lowest BCUT2D eigenvalue weighted by atomic mass is 9.78. The smallest absolute Gasteiger partial charge is 0.192 e. The first-order valence-electron chi connectivity index (χ1n) is 7.09. The number of hydrogen-bond donors (Lipinski definition) is 1. The monoisotopic (exact) mass is 237 g/mol. The second kappa shape index (κ2) is 4.87. The minimum absolute atomic E-state index is 0.0638. The van der Waals surface area contributed by atoms with Gasteiger partial charge in [-0.05, 0) is 52.4 Å². The minimum Gasteiger partial charge on any atom is -0.370 e. The molecule has 2 N–H and O–H groups in total. The van der Waals surface area contributed by atoms with Crippen molar-refractivity contribution in [3.05, 3.63) is 0 Å². The summed E-state index contributed by atoms with van der Waals surface area (Å²) in [4.78, 5) is 7.03. The van der Waals surface area contributed by atoms with E-state index in [2.05, 4.69) is 30.7 Å². The lowest BCUT2D eigenvalue weighted by Crippen LogP contribution is -2.53. The van der Waals surface area contributed by atoms with E-state index >= 15 is 0 Å². The molecular weight excluding hydrogens is 210 g/mol. The minimum atomic E-state index is -0.0638. The van der Waals surface area contributed by atoms with Crippen molar-refractivity contribution in [3.8, 4) is 0 Å². The molecule has 2 fully saturated rings. The van der Waals surface area contributed by atoms with Crippen LogP contribution in [0.2, 0.25) is 0 Å². The van der Waals surface area contributed by atoms with Gasteiger partial charge in [-0.2, -0.15) is 0 Å². The van der Waals surface area contributed by atoms with Gasteiger partial charge in [0.2, 0.25) is 0 Å². The number of nitrogens with zero attached hydrogens (tertiary/aromatic N) is 2. The molecule has 2 aliphatic rings. The lowest BCUT2D eigenvalue weighted by molar-refractivity contribution is 0.117. The number of aliphatic imine (C=N–C) groups is 1. The third kappa shape index (κ3) is 3.14. The van der Waals surface area contributed by atoms with Crippen LogP contribution in [0.1, 0.15) is 59.3 Å². The maximum atomic E-state index is 6.22. The summed E-state index contributed by atoms with van der Waals surface area (Å²) < 4.78 is 0. The first kappa shape index (κ1) is 12.7. The van der Waals surface area contributed by atoms with Crippen LogP contribution in [0.3, 0.4) is 0 Å². The first-order valence-corrected chi connectivity index (χ1v) is 7.09. The SMILES string of the molecule is CC(C)(C)N=C(N)N1CCCC2CCCCC21. The third-order valence-electron chi connectivity index (χ3n) is 3.99. The number of piperidine rings is 1. The first-order chi connectivity index (χ1) is 7.97. The van der Waals surface area contributed by atoms with Crippen LogP contribution in [0.4, 0.5) is 0 Å². The Morgan fingerprint density at radius 2 is 1.76 bits per heavy atom. The van der Waals surface area contributed by atoms with Crippen LogP contribution in [-0.4, -0.2) is 29.0 Å². The van der Waals surface area contributed by atoms with Gasteiger partial charge in [-0.3, -0.25) is 0 Å². The number of nitrogens with two attached hydrogens (primary N) is 1. The van der Waals surface area contributed by atoms with Crippen LogP contribution in [-0.2, 0) is 0 Å². The molecule has 98 valence electrons. The number of rotatable bonds is 0. The van der Waals surface area contributed by atoms with Crippen molar-refractivity contribution >= 4 is 5.96 Å². The summed E-state index contributed by atoms with van der Waals surface area (Å²) >= 11 is 0. The topological polar surface area (TPSA) is 41.6 Å². The van der Waals surface area contributed by atoms with E-state index in [1.165, 1.54) is 38.5 Å². The molecule has 1 aliphatic heterocycles. The Bertz CT molecular complexity index is 288. The second-order valence-corrected chi connectivity index (χ2v) is 6.59. The van der Waals surface area contributed by atoms with Gasteiger partial charge in [-0.25, -0.2) is 4.99 Å². The van der Waals surface area contributed by atoms with Gasteiger partial charge in [-0.1, -0.05) is 12.8 Å². The molecule has 2 unspecified atom stereocenters. The van der Waals surface area contributed by atoms with Crippen molar-refractivity contribution in [2.75, 3.05) is 6.54 Å². The summed E-state index contributed by atoms with van der Waals surface area (Å²) in [7, 11) is 0. The van der Waals surface area contributed by atoms with E-state index in [1.807, 2.05) is 0 Å². The van der Waals surface area contributed by atoms with Crippen molar-refractivity contribution in [1.82, 2.24) is 4.90 Å². The molecule has 0 spiro atoms. The molecule has 1 saturated heterocycles. The summed E-state index contributed by atoms with van der Waals surface area (Å²) in [6.07, 6.45) is 8.15. The fourth-order valence-corrected chi connectivity index (χ4v) is 3.32. The van der Waals surface area contributed by atoms with Crippen molar-refractivity contribution in [2.45, 2.75) is 70.9 Å². The Morgan fingerprint density at radius 3 is 2.47 bits per heavy atom. The number of fused-ring (bicyclic) bond motifs is 1. The van der Waals surface area contributed by atoms with E-state index in [9.17, 15) is 0 Å². The molecule has 0 radical (unpaired) electrons. The van der Waals surface area contributed by atoms with Crippen LogP contribution in [0, 0.1) is 5.92 Å². The van der Waals surface area contributed by atoms with E-state index in [1.54, 1.807) is 0 Å². The Morgan fingerprint density at radius 1 is 1.12 bits per heavy atom. The maximum absolute atomic E-state index is 6.22. The van der Waals surface area contributed by atoms with Gasteiger partial charge in [-0.15, -0.1) is 0 Å². The zero-order valence-electron chi connectivity index (χ0n) is 11.6. The van der Waals surface area contributed by atoms with Crippen molar-refractivity contribution in [2.24, 2.45) is 16.6 Å². The van der Waals surface area contributed by atoms with Crippen molar-refractivity contribution in [1.29, 1.82) is 0 Å². The molecule has 1 aliphatic carbocycles. The second-order valence-electron chi connectivity index (χ2n) is 6.59. The van der Waals surface area contributed by atoms with Gasteiger partial charge in [0.15, 0.2) is 5.96 Å². The molecule has 0 aromatic rings. The van der Waals surface area contributed by atoms with E-state index < -0.39 is 0 Å². The highest BCUT2D eigenvalue weighted by Gasteiger charge is 2.34. The third-order valence-corrected chi connectivity index (χ3v) is 3.99. The van der Waals surface area contributed by atoms with E-state index in [0.717, 1.165) is 18.4 Å². The average Bonchev–Trinajstić information content (AvgIpc) is 2.26. The normalized spacial score (nSPS) is 31.2. The molecular formula is C14H27N3. The largest absolute Gasteiger partial charge is 0.370 e. The zero-order valence-corrected chi connectivity index (χ0v) is 11.6. The Kier molecular flexibility index (Phi) is 3.64. The van der Waals surface area contributed by atoms with Gasteiger partial charge in [0.25, 0.3) is 0 Å². The molecule has 1 saturated carbocycles. The van der Waals surface area contributed by atoms with Crippen LogP contribution in [0.5, 0.6) is 0 Å². The summed E-state index contributed by atoms with van der Waals surface area (Å²) in [6.45, 7) is 7.44. The molecule has 0 bridgehead atoms. The number of hydrogen-bond acceptors (Lipinski definition) is 1. The average molecular weight is 237 g/mol. The Balaban J connectivity index is 2.11. The number of likely N-dealkylation sites (tertiary alicyclic amines) is 1. The van der Waals surface area contributed by atoms with Crippen LogP contribution in [0.15, 0.2) is 4.99 Å². The van der Waals surface area contributed by atoms with Crippen molar-refractivity contribution in [3.63, 3.8) is 0 Å². The van der Waals surface area contributed by atoms with E-state index in [-0.39, 0.29) is 5.54 Å². The standard InChI is InChI=1S/C14H27N3/c1-14(2,3)16-13(15)17-10-6-8-11-7-4-5-9-12(11)17/h11-12H,4-10H2,1-3H3,(H2,15,16). The van der Waals surface area contributed by atoms with Crippen LogP contribution >= 0.6 is 0 Å². The number of guanidine groups is 1. The molecule has 3 nitrogen and oxygen atoms in total. The lowest BCUT2D eigenvalue weighted by Gasteiger charge is -2.45. The molecule has 3 heteroatoms. The van der Waals surface area contributed by atoms with Gasteiger partial charge < -0.3 is 10.6 Å². The highest BCUT2D eigenvalue weighted by molar-refractivity contribution is 5.79. The Labute approximate surface area is 105 Å². The zero-order chi connectivity index (χ0) is 12.5. The molecule has 1 heterocycles. The van der Waals surface area contributed by atoms with Crippen molar-refractivity contribution < 1.29 is 0 Å². The molecule has 17 heavy (non-hydrogen) atoms. The summed E-state index contributed by atoms with van der Waals surface area (Å²) in [5.41, 5.74) is 6.15. The predicted octanol–water partition coefficient (Wildman–Crippen LogP) is 2.75. The fraction of sp³-hybridized carbons (Fsp3) is 0.929. The molecule has 0 amide bonds. The molecule has 0 aromatic heterocycles. The summed E-state index contributed by atoms with van der Waals surface area (Å²) in [5.74, 6) is 1.64. The molecule has 2 rings (SSSR count). The van der Waals surface area contributed by atoms with Crippen LogP contribution in [0.25, 0.3) is 0 Å². The van der Waals surface area contributed by atoms with Crippen LogP contribution < -0.4 is 5.73 Å². The van der Waals surface area contributed by atoms with E-state index in [4.69, 9.17) is 5.73 Å². The fourth-order valence-electron chi connectivity index (χ4n) is 3.32. The quantitative estimate of drug-likeness (QED) is 0.520. The van der Waals surface area contributed by atoms with Gasteiger partial charge >= 0.3 is 0 Å². The Hall–Kier alpha value is -0.730. The summed E-state index contributed by atoms with van der Waals surface area (Å²) in [5, 5.41) is 0. The summed E-state index contributed by atoms with van der Waals surface area (Å²) in [6, 6.07) is 0.670. The maximum Gasteiger partial charge on any atom is 0.192 e. The van der Waals surface area contributed by atoms with Gasteiger partial charge in [0.1, 0.15) is 0 Å². The molecule has 2 atom stereocenters. The molecule has 0 aromatic carbocycles. The van der Waals surface area contributed by atoms with Gasteiger partial charge in [0, 0.05) is 12.6 Å².